The maximum absolute atomic E-state index is 12.5. The molecule has 1 saturated heterocycles. The van der Waals surface area contributed by atoms with E-state index < -0.39 is 0 Å². The topological polar surface area (TPSA) is 71.3 Å². The minimum atomic E-state index is 0.0551. The van der Waals surface area contributed by atoms with Crippen LogP contribution >= 0.6 is 35.0 Å². The summed E-state index contributed by atoms with van der Waals surface area (Å²) in [5, 5.41) is 8.48. The summed E-state index contributed by atoms with van der Waals surface area (Å²) in [6.45, 7) is 2.94. The van der Waals surface area contributed by atoms with Gasteiger partial charge in [-0.2, -0.15) is 16.7 Å². The Labute approximate surface area is 208 Å². The van der Waals surface area contributed by atoms with Gasteiger partial charge in [0.15, 0.2) is 0 Å². The zero-order chi connectivity index (χ0) is 23.0. The van der Waals surface area contributed by atoms with Gasteiger partial charge < -0.3 is 9.84 Å². The van der Waals surface area contributed by atoms with Crippen molar-refractivity contribution in [3.63, 3.8) is 0 Å². The molecule has 0 atom stereocenters. The Kier molecular flexibility index (Phi) is 8.67. The van der Waals surface area contributed by atoms with Crippen molar-refractivity contribution in [2.45, 2.75) is 25.1 Å². The first-order chi connectivity index (χ1) is 16.1. The third-order valence-electron chi connectivity index (χ3n) is 5.64. The highest BCUT2D eigenvalue weighted by Gasteiger charge is 2.25. The van der Waals surface area contributed by atoms with Gasteiger partial charge in [0.2, 0.25) is 17.6 Å². The number of likely N-dealkylation sites (tertiary alicyclic amines) is 1. The van der Waals surface area contributed by atoms with Crippen molar-refractivity contribution < 1.29 is 9.32 Å². The third-order valence-corrected chi connectivity index (χ3v) is 7.23. The monoisotopic (exact) mass is 504 g/mol. The first-order valence-electron chi connectivity index (χ1n) is 11.0. The van der Waals surface area contributed by atoms with E-state index in [1.807, 2.05) is 42.5 Å². The number of hydrogen-bond acceptors (Lipinski definition) is 6. The number of nitrogens with one attached hydrogen (secondary N) is 1. The number of rotatable bonds is 9. The van der Waals surface area contributed by atoms with Crippen LogP contribution in [-0.4, -0.2) is 46.3 Å². The molecule has 1 N–H and O–H groups in total. The van der Waals surface area contributed by atoms with E-state index in [-0.39, 0.29) is 11.8 Å². The van der Waals surface area contributed by atoms with Crippen molar-refractivity contribution in [3.8, 4) is 11.4 Å². The highest BCUT2D eigenvalue weighted by Crippen LogP contribution is 2.25. The van der Waals surface area contributed by atoms with Crippen LogP contribution in [0.1, 0.15) is 24.3 Å². The van der Waals surface area contributed by atoms with Crippen LogP contribution in [0.3, 0.4) is 0 Å². The number of thioether (sulfide) groups is 1. The second-order valence-corrected chi connectivity index (χ2v) is 9.96. The van der Waals surface area contributed by atoms with E-state index in [1.165, 1.54) is 0 Å². The third kappa shape index (κ3) is 6.96. The largest absolute Gasteiger partial charge is 0.355 e. The van der Waals surface area contributed by atoms with E-state index in [9.17, 15) is 4.79 Å². The molecule has 0 saturated carbocycles. The van der Waals surface area contributed by atoms with Gasteiger partial charge in [-0.3, -0.25) is 9.69 Å². The van der Waals surface area contributed by atoms with Crippen LogP contribution in [0.2, 0.25) is 10.0 Å². The van der Waals surface area contributed by atoms with Crippen molar-refractivity contribution >= 4 is 40.9 Å². The zero-order valence-corrected chi connectivity index (χ0v) is 20.5. The normalized spacial score (nSPS) is 15.0. The van der Waals surface area contributed by atoms with Gasteiger partial charge in [-0.05, 0) is 43.6 Å². The van der Waals surface area contributed by atoms with Crippen LogP contribution < -0.4 is 5.32 Å². The molecule has 2 heterocycles. The van der Waals surface area contributed by atoms with Crippen molar-refractivity contribution in [1.29, 1.82) is 0 Å². The molecule has 1 aromatic heterocycles. The predicted octanol–water partition coefficient (Wildman–Crippen LogP) is 5.31. The summed E-state index contributed by atoms with van der Waals surface area (Å²) < 4.78 is 5.42. The molecular formula is C24H26Cl2N4O2S. The Morgan fingerprint density at radius 1 is 1.15 bits per heavy atom. The summed E-state index contributed by atoms with van der Waals surface area (Å²) in [6.07, 6.45) is 1.66. The SMILES string of the molecule is O=C(NCCSCc1ccc(Cl)cc1Cl)C1CCN(Cc2nc(-c3ccccc3)no2)CC1. The summed E-state index contributed by atoms with van der Waals surface area (Å²) in [5.74, 6) is 3.05. The highest BCUT2D eigenvalue weighted by atomic mass is 35.5. The molecular weight excluding hydrogens is 479 g/mol. The number of amides is 1. The van der Waals surface area contributed by atoms with Crippen molar-refractivity contribution in [3.05, 3.63) is 70.0 Å². The molecule has 1 aliphatic heterocycles. The highest BCUT2D eigenvalue weighted by molar-refractivity contribution is 7.98. The average Bonchev–Trinajstić information content (AvgIpc) is 3.29. The van der Waals surface area contributed by atoms with Gasteiger partial charge in [-0.25, -0.2) is 0 Å². The van der Waals surface area contributed by atoms with Crippen LogP contribution in [0.4, 0.5) is 0 Å². The van der Waals surface area contributed by atoms with Gasteiger partial charge in [-0.1, -0.05) is 64.8 Å². The van der Waals surface area contributed by atoms with Crippen LogP contribution in [-0.2, 0) is 17.1 Å². The van der Waals surface area contributed by atoms with E-state index in [2.05, 4.69) is 20.4 Å². The molecule has 0 radical (unpaired) electrons. The second kappa shape index (κ2) is 11.9. The molecule has 1 aliphatic rings. The minimum absolute atomic E-state index is 0.0551. The number of nitrogens with zero attached hydrogens (tertiary/aromatic N) is 3. The lowest BCUT2D eigenvalue weighted by Gasteiger charge is -2.30. The fourth-order valence-electron chi connectivity index (χ4n) is 3.78. The number of halogens is 2. The fraction of sp³-hybridized carbons (Fsp3) is 0.375. The molecule has 174 valence electrons. The number of carbonyl (C=O) groups excluding carboxylic acids is 1. The number of carbonyl (C=O) groups is 1. The van der Waals surface area contributed by atoms with Gasteiger partial charge in [0, 0.05) is 39.6 Å². The molecule has 0 aliphatic carbocycles. The fourth-order valence-corrected chi connectivity index (χ4v) is 5.20. The van der Waals surface area contributed by atoms with Gasteiger partial charge in [0.1, 0.15) is 0 Å². The average molecular weight is 505 g/mol. The van der Waals surface area contributed by atoms with Crippen molar-refractivity contribution in [2.75, 3.05) is 25.4 Å². The number of hydrogen-bond donors (Lipinski definition) is 1. The minimum Gasteiger partial charge on any atom is -0.355 e. The van der Waals surface area contributed by atoms with E-state index in [4.69, 9.17) is 27.7 Å². The van der Waals surface area contributed by atoms with Crippen molar-refractivity contribution in [1.82, 2.24) is 20.4 Å². The summed E-state index contributed by atoms with van der Waals surface area (Å²) >= 11 is 13.9. The van der Waals surface area contributed by atoms with E-state index in [0.717, 1.165) is 48.6 Å². The zero-order valence-electron chi connectivity index (χ0n) is 18.2. The second-order valence-electron chi connectivity index (χ2n) is 8.01. The molecule has 1 amide bonds. The van der Waals surface area contributed by atoms with Crippen LogP contribution in [0.15, 0.2) is 53.1 Å². The van der Waals surface area contributed by atoms with Crippen molar-refractivity contribution in [2.24, 2.45) is 5.92 Å². The molecule has 9 heteroatoms. The molecule has 0 unspecified atom stereocenters. The summed E-state index contributed by atoms with van der Waals surface area (Å²) in [5.41, 5.74) is 2.00. The Morgan fingerprint density at radius 2 is 1.94 bits per heavy atom. The van der Waals surface area contributed by atoms with E-state index in [1.54, 1.807) is 17.8 Å². The lowest BCUT2D eigenvalue weighted by Crippen LogP contribution is -2.40. The molecule has 3 aromatic rings. The maximum atomic E-state index is 12.5. The predicted molar refractivity (Wildman–Crippen MR) is 133 cm³/mol. The summed E-state index contributed by atoms with van der Waals surface area (Å²) in [6, 6.07) is 15.3. The standard InChI is InChI=1S/C24H26Cl2N4O2S/c25-20-7-6-19(21(26)14-20)16-33-13-10-27-24(31)18-8-11-30(12-9-18)15-22-28-23(29-32-22)17-4-2-1-3-5-17/h1-7,14,18H,8-13,15-16H2,(H,27,31). The molecule has 4 rings (SSSR count). The van der Waals surface area contributed by atoms with Crippen LogP contribution in [0.25, 0.3) is 11.4 Å². The van der Waals surface area contributed by atoms with Crippen LogP contribution in [0.5, 0.6) is 0 Å². The Bertz CT molecular complexity index is 1060. The number of benzene rings is 2. The molecule has 1 fully saturated rings. The van der Waals surface area contributed by atoms with E-state index in [0.29, 0.717) is 34.8 Å². The Morgan fingerprint density at radius 3 is 2.70 bits per heavy atom. The smallest absolute Gasteiger partial charge is 0.241 e. The maximum Gasteiger partial charge on any atom is 0.241 e. The molecule has 33 heavy (non-hydrogen) atoms. The first kappa shape index (κ1) is 24.1. The van der Waals surface area contributed by atoms with Crippen LogP contribution in [0, 0.1) is 5.92 Å². The Balaban J connectivity index is 1.13. The summed E-state index contributed by atoms with van der Waals surface area (Å²) in [4.78, 5) is 19.3. The molecule has 0 spiro atoms. The lowest BCUT2D eigenvalue weighted by atomic mass is 9.96. The number of aromatic nitrogens is 2. The molecule has 0 bridgehead atoms. The van der Waals surface area contributed by atoms with Gasteiger partial charge in [-0.15, -0.1) is 0 Å². The van der Waals surface area contributed by atoms with Gasteiger partial charge >= 0.3 is 0 Å². The summed E-state index contributed by atoms with van der Waals surface area (Å²) in [7, 11) is 0. The number of piperidine rings is 1. The Hall–Kier alpha value is -2.06. The molecule has 6 nitrogen and oxygen atoms in total. The first-order valence-corrected chi connectivity index (χ1v) is 12.9. The quantitative estimate of drug-likeness (QED) is 0.398. The van der Waals surface area contributed by atoms with Gasteiger partial charge in [0.25, 0.3) is 0 Å². The molecule has 2 aromatic carbocycles. The lowest BCUT2D eigenvalue weighted by molar-refractivity contribution is -0.126. The van der Waals surface area contributed by atoms with Gasteiger partial charge in [0.05, 0.1) is 6.54 Å². The van der Waals surface area contributed by atoms with E-state index >= 15 is 0 Å².